The second-order valence-corrected chi connectivity index (χ2v) is 4.49. The van der Waals surface area contributed by atoms with E-state index in [2.05, 4.69) is 37.7 Å². The first-order valence-electron chi connectivity index (χ1n) is 4.44. The van der Waals surface area contributed by atoms with E-state index < -0.39 is 0 Å². The molecule has 1 heterocycles. The van der Waals surface area contributed by atoms with Crippen LogP contribution in [0.2, 0.25) is 0 Å². The van der Waals surface area contributed by atoms with Crippen LogP contribution in [-0.2, 0) is 0 Å². The summed E-state index contributed by atoms with van der Waals surface area (Å²) in [6, 6.07) is 0.644. The van der Waals surface area contributed by atoms with Crippen LogP contribution in [0.15, 0.2) is 18.9 Å². The van der Waals surface area contributed by atoms with Crippen molar-refractivity contribution in [3.63, 3.8) is 0 Å². The van der Waals surface area contributed by atoms with Crippen molar-refractivity contribution in [3.05, 3.63) is 28.7 Å². The van der Waals surface area contributed by atoms with Crippen LogP contribution in [0, 0.1) is 6.92 Å². The maximum Gasteiger partial charge on any atom is 0.109 e. The number of hydrogen-bond donors (Lipinski definition) is 1. The van der Waals surface area contributed by atoms with Crippen molar-refractivity contribution in [2.45, 2.75) is 32.9 Å². The molecule has 13 heavy (non-hydrogen) atoms. The molecular weight excluding hydrogens is 180 g/mol. The highest BCUT2D eigenvalue weighted by Crippen LogP contribution is 2.19. The molecule has 0 aliphatic rings. The molecule has 2 unspecified atom stereocenters. The molecule has 0 saturated carbocycles. The number of hydrogen-bond acceptors (Lipinski definition) is 3. The summed E-state index contributed by atoms with van der Waals surface area (Å²) in [5.74, 6) is 0. The molecule has 0 aliphatic carbocycles. The third-order valence-corrected chi connectivity index (χ3v) is 2.97. The number of nitrogens with one attached hydrogen (secondary N) is 1. The molecule has 1 N–H and O–H groups in total. The Hall–Kier alpha value is -0.670. The van der Waals surface area contributed by atoms with Crippen molar-refractivity contribution in [1.29, 1.82) is 0 Å². The first-order chi connectivity index (χ1) is 6.13. The predicted octanol–water partition coefficient (Wildman–Crippen LogP) is 2.68. The molecule has 3 heteroatoms. The van der Waals surface area contributed by atoms with Crippen molar-refractivity contribution >= 4 is 11.3 Å². The van der Waals surface area contributed by atoms with Gasteiger partial charge in [-0.2, -0.15) is 0 Å². The highest BCUT2D eigenvalue weighted by atomic mass is 32.1. The SMILES string of the molecule is C=CC(C)NC(C)c1ncc(C)s1. The van der Waals surface area contributed by atoms with Gasteiger partial charge in [-0.25, -0.2) is 4.98 Å². The number of aromatic nitrogens is 1. The van der Waals surface area contributed by atoms with E-state index in [9.17, 15) is 0 Å². The van der Waals surface area contributed by atoms with Crippen molar-refractivity contribution in [2.75, 3.05) is 0 Å². The Kier molecular flexibility index (Phi) is 3.63. The van der Waals surface area contributed by atoms with E-state index in [4.69, 9.17) is 0 Å². The van der Waals surface area contributed by atoms with Crippen LogP contribution in [0.5, 0.6) is 0 Å². The molecule has 0 bridgehead atoms. The van der Waals surface area contributed by atoms with E-state index in [-0.39, 0.29) is 0 Å². The molecule has 1 aromatic heterocycles. The molecule has 0 saturated heterocycles. The second kappa shape index (κ2) is 4.53. The Balaban J connectivity index is 2.57. The van der Waals surface area contributed by atoms with Crippen molar-refractivity contribution in [2.24, 2.45) is 0 Å². The van der Waals surface area contributed by atoms with Crippen LogP contribution in [0.3, 0.4) is 0 Å². The van der Waals surface area contributed by atoms with Gasteiger partial charge in [-0.1, -0.05) is 6.08 Å². The molecule has 0 amide bonds. The molecule has 0 spiro atoms. The molecule has 0 fully saturated rings. The third-order valence-electron chi connectivity index (χ3n) is 1.88. The van der Waals surface area contributed by atoms with Gasteiger partial charge in [0, 0.05) is 17.1 Å². The molecule has 72 valence electrons. The Morgan fingerprint density at radius 3 is 2.77 bits per heavy atom. The van der Waals surface area contributed by atoms with Crippen LogP contribution in [0.1, 0.15) is 29.8 Å². The maximum atomic E-state index is 4.32. The zero-order valence-corrected chi connectivity index (χ0v) is 9.19. The summed E-state index contributed by atoms with van der Waals surface area (Å²) in [5.41, 5.74) is 0. The highest BCUT2D eigenvalue weighted by Gasteiger charge is 2.09. The van der Waals surface area contributed by atoms with Gasteiger partial charge in [-0.3, -0.25) is 0 Å². The first-order valence-corrected chi connectivity index (χ1v) is 5.26. The van der Waals surface area contributed by atoms with Gasteiger partial charge in [0.2, 0.25) is 0 Å². The van der Waals surface area contributed by atoms with E-state index >= 15 is 0 Å². The minimum atomic E-state index is 0.312. The van der Waals surface area contributed by atoms with Crippen LogP contribution in [0.4, 0.5) is 0 Å². The number of rotatable bonds is 4. The average Bonchev–Trinajstić information content (AvgIpc) is 2.51. The molecular formula is C10H16N2S. The van der Waals surface area contributed by atoms with Crippen LogP contribution < -0.4 is 5.32 Å². The van der Waals surface area contributed by atoms with E-state index in [1.165, 1.54) is 4.88 Å². The number of nitrogens with zero attached hydrogens (tertiary/aromatic N) is 1. The normalized spacial score (nSPS) is 15.3. The lowest BCUT2D eigenvalue weighted by molar-refractivity contribution is 0.535. The summed E-state index contributed by atoms with van der Waals surface area (Å²) in [6.45, 7) is 10.0. The minimum Gasteiger partial charge on any atom is -0.302 e. The van der Waals surface area contributed by atoms with Gasteiger partial charge in [-0.05, 0) is 20.8 Å². The van der Waals surface area contributed by atoms with Gasteiger partial charge >= 0.3 is 0 Å². The zero-order valence-electron chi connectivity index (χ0n) is 8.37. The van der Waals surface area contributed by atoms with Gasteiger partial charge in [0.1, 0.15) is 5.01 Å². The predicted molar refractivity (Wildman–Crippen MR) is 58.1 cm³/mol. The summed E-state index contributed by atoms with van der Waals surface area (Å²) >= 11 is 1.74. The van der Waals surface area contributed by atoms with Gasteiger partial charge in [0.25, 0.3) is 0 Å². The quantitative estimate of drug-likeness (QED) is 0.749. The lowest BCUT2D eigenvalue weighted by Crippen LogP contribution is -2.26. The number of aryl methyl sites for hydroxylation is 1. The smallest absolute Gasteiger partial charge is 0.109 e. The molecule has 2 nitrogen and oxygen atoms in total. The monoisotopic (exact) mass is 196 g/mol. The zero-order chi connectivity index (χ0) is 9.84. The molecule has 1 rings (SSSR count). The molecule has 1 aromatic rings. The van der Waals surface area contributed by atoms with Crippen molar-refractivity contribution < 1.29 is 0 Å². The van der Waals surface area contributed by atoms with E-state index in [1.54, 1.807) is 11.3 Å². The lowest BCUT2D eigenvalue weighted by atomic mass is 10.2. The third kappa shape index (κ3) is 2.94. The first kappa shape index (κ1) is 10.4. The highest BCUT2D eigenvalue weighted by molar-refractivity contribution is 7.11. The fourth-order valence-corrected chi connectivity index (χ4v) is 1.89. The fraction of sp³-hybridized carbons (Fsp3) is 0.500. The molecule has 0 aromatic carbocycles. The van der Waals surface area contributed by atoms with Crippen LogP contribution >= 0.6 is 11.3 Å². The number of thiazole rings is 1. The summed E-state index contributed by atoms with van der Waals surface area (Å²) in [6.07, 6.45) is 3.81. The van der Waals surface area contributed by atoms with Crippen molar-refractivity contribution in [1.82, 2.24) is 10.3 Å². The van der Waals surface area contributed by atoms with Gasteiger partial charge in [0.15, 0.2) is 0 Å². The van der Waals surface area contributed by atoms with Crippen LogP contribution in [0.25, 0.3) is 0 Å². The summed E-state index contributed by atoms with van der Waals surface area (Å²) < 4.78 is 0. The van der Waals surface area contributed by atoms with E-state index in [0.717, 1.165) is 5.01 Å². The van der Waals surface area contributed by atoms with E-state index in [0.29, 0.717) is 12.1 Å². The largest absolute Gasteiger partial charge is 0.302 e. The van der Waals surface area contributed by atoms with Gasteiger partial charge in [-0.15, -0.1) is 17.9 Å². The summed E-state index contributed by atoms with van der Waals surface area (Å²) in [5, 5.41) is 4.53. The summed E-state index contributed by atoms with van der Waals surface area (Å²) in [7, 11) is 0. The average molecular weight is 196 g/mol. The molecule has 0 aliphatic heterocycles. The maximum absolute atomic E-state index is 4.32. The van der Waals surface area contributed by atoms with E-state index in [1.807, 2.05) is 12.3 Å². The van der Waals surface area contributed by atoms with Gasteiger partial charge < -0.3 is 5.32 Å². The molecule has 2 atom stereocenters. The second-order valence-electron chi connectivity index (χ2n) is 3.22. The minimum absolute atomic E-state index is 0.312. The fourth-order valence-electron chi connectivity index (χ4n) is 1.11. The Labute approximate surface area is 83.7 Å². The molecule has 0 radical (unpaired) electrons. The van der Waals surface area contributed by atoms with Crippen LogP contribution in [-0.4, -0.2) is 11.0 Å². The summed E-state index contributed by atoms with van der Waals surface area (Å²) in [4.78, 5) is 5.58. The lowest BCUT2D eigenvalue weighted by Gasteiger charge is -2.14. The Morgan fingerprint density at radius 2 is 2.31 bits per heavy atom. The standard InChI is InChI=1S/C10H16N2S/c1-5-7(2)12-9(4)10-11-6-8(3)13-10/h5-7,9,12H,1H2,2-4H3. The van der Waals surface area contributed by atoms with Gasteiger partial charge in [0.05, 0.1) is 6.04 Å². The van der Waals surface area contributed by atoms with Crippen molar-refractivity contribution in [3.8, 4) is 0 Å². The topological polar surface area (TPSA) is 24.9 Å². The Bertz CT molecular complexity index is 280. The Morgan fingerprint density at radius 1 is 1.62 bits per heavy atom.